The van der Waals surface area contributed by atoms with Crippen molar-refractivity contribution in [2.75, 3.05) is 6.54 Å². The highest BCUT2D eigenvalue weighted by atomic mass is 32.1. The van der Waals surface area contributed by atoms with E-state index in [1.807, 2.05) is 0 Å². The summed E-state index contributed by atoms with van der Waals surface area (Å²) in [4.78, 5) is 0. The van der Waals surface area contributed by atoms with Gasteiger partial charge in [-0.3, -0.25) is 0 Å². The van der Waals surface area contributed by atoms with Gasteiger partial charge >= 0.3 is 0 Å². The highest BCUT2D eigenvalue weighted by Gasteiger charge is 2.01. The molecule has 1 aromatic carbocycles. The maximum absolute atomic E-state index is 8.41. The first-order chi connectivity index (χ1) is 7.92. The Kier molecular flexibility index (Phi) is 3.92. The van der Waals surface area contributed by atoms with Crippen LogP contribution in [0.4, 0.5) is 0 Å². The van der Waals surface area contributed by atoms with Crippen LogP contribution in [0.5, 0.6) is 0 Å². The fraction of sp³-hybridized carbons (Fsp3) is 0.308. The minimum atomic E-state index is 0.636. The number of nitrogens with one attached hydrogen (secondary N) is 1. The van der Waals surface area contributed by atoms with Gasteiger partial charge in [0.1, 0.15) is 0 Å². The van der Waals surface area contributed by atoms with Crippen LogP contribution >= 0.6 is 11.3 Å². The molecule has 2 nitrogen and oxygen atoms in total. The van der Waals surface area contributed by atoms with Gasteiger partial charge in [0.2, 0.25) is 0 Å². The van der Waals surface area contributed by atoms with Crippen molar-refractivity contribution in [3.05, 3.63) is 35.2 Å². The molecule has 0 atom stereocenters. The van der Waals surface area contributed by atoms with Crippen molar-refractivity contribution in [2.24, 2.45) is 0 Å². The van der Waals surface area contributed by atoms with E-state index >= 15 is 0 Å². The third-order valence-corrected chi connectivity index (χ3v) is 3.53. The Morgan fingerprint density at radius 3 is 3.06 bits per heavy atom. The smallest absolute Gasteiger partial charge is 0.0622 e. The molecule has 0 unspecified atom stereocenters. The molecule has 2 aromatic rings. The van der Waals surface area contributed by atoms with E-state index in [1.165, 1.54) is 15.6 Å². The fourth-order valence-corrected chi connectivity index (χ4v) is 2.65. The minimum Gasteiger partial charge on any atom is -0.313 e. The van der Waals surface area contributed by atoms with Crippen molar-refractivity contribution in [2.45, 2.75) is 19.4 Å². The molecule has 82 valence electrons. The average Bonchev–Trinajstić information content (AvgIpc) is 2.73. The van der Waals surface area contributed by atoms with Crippen LogP contribution in [0.25, 0.3) is 10.1 Å². The van der Waals surface area contributed by atoms with Gasteiger partial charge in [0.15, 0.2) is 0 Å². The summed E-state index contributed by atoms with van der Waals surface area (Å²) < 4.78 is 1.34. The Morgan fingerprint density at radius 1 is 1.31 bits per heavy atom. The third-order valence-electron chi connectivity index (χ3n) is 2.52. The lowest BCUT2D eigenvalue weighted by atomic mass is 10.2. The van der Waals surface area contributed by atoms with Crippen molar-refractivity contribution < 1.29 is 0 Å². The molecule has 0 amide bonds. The highest BCUT2D eigenvalue weighted by Crippen LogP contribution is 2.25. The summed E-state index contributed by atoms with van der Waals surface area (Å²) in [5.41, 5.74) is 1.36. The molecular weight excluding hydrogens is 216 g/mol. The number of fused-ring (bicyclic) bond motifs is 1. The summed E-state index contributed by atoms with van der Waals surface area (Å²) in [6, 6.07) is 10.6. The first kappa shape index (κ1) is 11.1. The van der Waals surface area contributed by atoms with Crippen molar-refractivity contribution in [3.8, 4) is 6.07 Å². The highest BCUT2D eigenvalue weighted by molar-refractivity contribution is 7.17. The third kappa shape index (κ3) is 2.60. The first-order valence-corrected chi connectivity index (χ1v) is 6.32. The average molecular weight is 230 g/mol. The quantitative estimate of drug-likeness (QED) is 0.800. The van der Waals surface area contributed by atoms with Gasteiger partial charge in [0.25, 0.3) is 0 Å². The number of thiophene rings is 1. The van der Waals surface area contributed by atoms with Gasteiger partial charge in [-0.05, 0) is 35.4 Å². The van der Waals surface area contributed by atoms with Crippen molar-refractivity contribution in [1.29, 1.82) is 5.26 Å². The maximum atomic E-state index is 8.41. The standard InChI is InChI=1S/C13H14N2S/c14-7-3-4-8-15-9-11-10-16-13-6-2-1-5-12(11)13/h1-2,5-6,10,15H,3-4,8-9H2. The number of hydrogen-bond acceptors (Lipinski definition) is 3. The summed E-state index contributed by atoms with van der Waals surface area (Å²) in [7, 11) is 0. The SMILES string of the molecule is N#CCCCNCc1csc2ccccc12. The van der Waals surface area contributed by atoms with Gasteiger partial charge in [-0.15, -0.1) is 11.3 Å². The molecule has 0 radical (unpaired) electrons. The molecule has 2 rings (SSSR count). The van der Waals surface area contributed by atoms with Crippen LogP contribution in [-0.4, -0.2) is 6.54 Å². The van der Waals surface area contributed by atoms with Crippen LogP contribution < -0.4 is 5.32 Å². The van der Waals surface area contributed by atoms with Gasteiger partial charge in [0.05, 0.1) is 6.07 Å². The van der Waals surface area contributed by atoms with E-state index in [4.69, 9.17) is 5.26 Å². The minimum absolute atomic E-state index is 0.636. The molecule has 0 aliphatic rings. The van der Waals surface area contributed by atoms with Gasteiger partial charge in [-0.25, -0.2) is 0 Å². The lowest BCUT2D eigenvalue weighted by Crippen LogP contribution is -2.14. The fourth-order valence-electron chi connectivity index (χ4n) is 1.69. The van der Waals surface area contributed by atoms with Crippen LogP contribution in [0.2, 0.25) is 0 Å². The molecule has 0 bridgehead atoms. The topological polar surface area (TPSA) is 35.8 Å². The number of nitriles is 1. The van der Waals surface area contributed by atoms with Gasteiger partial charge < -0.3 is 5.32 Å². The van der Waals surface area contributed by atoms with Crippen LogP contribution in [-0.2, 0) is 6.54 Å². The number of benzene rings is 1. The van der Waals surface area contributed by atoms with Crippen molar-refractivity contribution >= 4 is 21.4 Å². The molecule has 0 spiro atoms. The zero-order chi connectivity index (χ0) is 11.2. The molecule has 1 N–H and O–H groups in total. The molecule has 0 saturated heterocycles. The van der Waals surface area contributed by atoms with E-state index in [0.717, 1.165) is 19.5 Å². The van der Waals surface area contributed by atoms with Crippen LogP contribution in [0.3, 0.4) is 0 Å². The first-order valence-electron chi connectivity index (χ1n) is 5.44. The van der Waals surface area contributed by atoms with E-state index in [1.54, 1.807) is 11.3 Å². The predicted octanol–water partition coefficient (Wildman–Crippen LogP) is 3.29. The Hall–Kier alpha value is -1.37. The largest absolute Gasteiger partial charge is 0.313 e. The summed E-state index contributed by atoms with van der Waals surface area (Å²) in [6.07, 6.45) is 1.57. The van der Waals surface area contributed by atoms with Gasteiger partial charge in [0, 0.05) is 17.7 Å². The summed E-state index contributed by atoms with van der Waals surface area (Å²) in [5, 5.41) is 15.3. The summed E-state index contributed by atoms with van der Waals surface area (Å²) >= 11 is 1.79. The van der Waals surface area contributed by atoms with E-state index in [9.17, 15) is 0 Å². The molecule has 0 aliphatic heterocycles. The number of unbranched alkanes of at least 4 members (excludes halogenated alkanes) is 1. The molecule has 3 heteroatoms. The van der Waals surface area contributed by atoms with Crippen molar-refractivity contribution in [1.82, 2.24) is 5.32 Å². The van der Waals surface area contributed by atoms with Gasteiger partial charge in [-0.1, -0.05) is 18.2 Å². The Labute approximate surface area is 99.5 Å². The summed E-state index contributed by atoms with van der Waals surface area (Å²) in [5.74, 6) is 0. The predicted molar refractivity (Wildman–Crippen MR) is 68.4 cm³/mol. The van der Waals surface area contributed by atoms with Crippen LogP contribution in [0.1, 0.15) is 18.4 Å². The summed E-state index contributed by atoms with van der Waals surface area (Å²) in [6.45, 7) is 1.81. The zero-order valence-corrected chi connectivity index (χ0v) is 9.89. The second-order valence-corrected chi connectivity index (χ2v) is 4.61. The second-order valence-electron chi connectivity index (χ2n) is 3.70. The lowest BCUT2D eigenvalue weighted by molar-refractivity contribution is 0.660. The monoisotopic (exact) mass is 230 g/mol. The Balaban J connectivity index is 1.92. The van der Waals surface area contributed by atoms with Crippen LogP contribution in [0, 0.1) is 11.3 Å². The maximum Gasteiger partial charge on any atom is 0.0622 e. The van der Waals surface area contributed by atoms with Crippen molar-refractivity contribution in [3.63, 3.8) is 0 Å². The van der Waals surface area contributed by atoms with Crippen LogP contribution in [0.15, 0.2) is 29.6 Å². The molecule has 0 saturated carbocycles. The number of hydrogen-bond donors (Lipinski definition) is 1. The second kappa shape index (κ2) is 5.64. The number of rotatable bonds is 5. The van der Waals surface area contributed by atoms with E-state index in [-0.39, 0.29) is 0 Å². The normalized spacial score (nSPS) is 10.4. The molecule has 0 fully saturated rings. The Morgan fingerprint density at radius 2 is 2.19 bits per heavy atom. The molecule has 16 heavy (non-hydrogen) atoms. The Bertz CT molecular complexity index is 496. The zero-order valence-electron chi connectivity index (χ0n) is 9.07. The van der Waals surface area contributed by atoms with Gasteiger partial charge in [-0.2, -0.15) is 5.26 Å². The van der Waals surface area contributed by atoms with E-state index < -0.39 is 0 Å². The lowest BCUT2D eigenvalue weighted by Gasteiger charge is -2.01. The molecule has 0 aliphatic carbocycles. The molecule has 1 heterocycles. The molecule has 1 aromatic heterocycles. The van der Waals surface area contributed by atoms with E-state index in [2.05, 4.69) is 41.0 Å². The molecular formula is C13H14N2S. The van der Waals surface area contributed by atoms with E-state index in [0.29, 0.717) is 6.42 Å². The number of nitrogens with zero attached hydrogens (tertiary/aromatic N) is 1.